The zero-order valence-electron chi connectivity index (χ0n) is 18.4. The fourth-order valence-corrected chi connectivity index (χ4v) is 4.88. The van der Waals surface area contributed by atoms with Crippen LogP contribution in [0.25, 0.3) is 10.9 Å². The van der Waals surface area contributed by atoms with Crippen molar-refractivity contribution in [2.75, 3.05) is 49.1 Å². The summed E-state index contributed by atoms with van der Waals surface area (Å²) in [6.45, 7) is 7.19. The second-order valence-corrected chi connectivity index (χ2v) is 8.68. The number of ketones is 1. The van der Waals surface area contributed by atoms with E-state index in [-0.39, 0.29) is 5.78 Å². The Kier molecular flexibility index (Phi) is 5.54. The van der Waals surface area contributed by atoms with E-state index in [0.717, 1.165) is 80.1 Å². The smallest absolute Gasteiger partial charge is 0.159 e. The lowest BCUT2D eigenvalue weighted by atomic mass is 10.1. The number of carbonyl (C=O) groups excluding carboxylic acids is 1. The molecule has 0 bridgehead atoms. The van der Waals surface area contributed by atoms with Gasteiger partial charge in [0.15, 0.2) is 5.78 Å². The summed E-state index contributed by atoms with van der Waals surface area (Å²) in [6, 6.07) is 12.8. The maximum atomic E-state index is 11.5. The summed E-state index contributed by atoms with van der Waals surface area (Å²) in [6.07, 6.45) is 6.03. The third-order valence-electron chi connectivity index (χ3n) is 6.77. The van der Waals surface area contributed by atoms with Crippen LogP contribution in [-0.4, -0.2) is 54.6 Å². The topological polar surface area (TPSA) is 77.2 Å². The molecule has 2 aliphatic heterocycles. The number of nitrogens with one attached hydrogen (secondary N) is 1. The highest BCUT2D eigenvalue weighted by atomic mass is 16.1. The lowest BCUT2D eigenvalue weighted by molar-refractivity contribution is 0.101. The van der Waals surface area contributed by atoms with Crippen molar-refractivity contribution in [1.82, 2.24) is 14.9 Å². The number of rotatable bonds is 4. The molecule has 1 N–H and O–H groups in total. The quantitative estimate of drug-likeness (QED) is 0.642. The molecule has 0 radical (unpaired) electrons. The Hall–Kier alpha value is -3.37. The van der Waals surface area contributed by atoms with Gasteiger partial charge in [-0.05, 0) is 57.1 Å². The Balaban J connectivity index is 1.35. The first-order valence-corrected chi connectivity index (χ1v) is 11.4. The number of fused-ring (bicyclic) bond motifs is 1. The number of nitrogens with zero attached hydrogens (tertiary/aromatic N) is 5. The van der Waals surface area contributed by atoms with Gasteiger partial charge >= 0.3 is 0 Å². The minimum atomic E-state index is 0.0941. The van der Waals surface area contributed by atoms with Crippen LogP contribution < -0.4 is 15.1 Å². The number of hydrogen-bond acceptors (Lipinski definition) is 6. The predicted octanol–water partition coefficient (Wildman–Crippen LogP) is 3.36. The van der Waals surface area contributed by atoms with Crippen LogP contribution in [0.1, 0.15) is 41.7 Å². The average molecular weight is 429 g/mol. The van der Waals surface area contributed by atoms with Crippen molar-refractivity contribution in [2.24, 2.45) is 0 Å². The number of carbonyl (C=O) groups is 1. The summed E-state index contributed by atoms with van der Waals surface area (Å²) in [7, 11) is 0. The second kappa shape index (κ2) is 8.64. The third-order valence-corrected chi connectivity index (χ3v) is 6.77. The van der Waals surface area contributed by atoms with E-state index >= 15 is 0 Å². The van der Waals surface area contributed by atoms with Crippen molar-refractivity contribution in [1.29, 1.82) is 5.26 Å². The van der Waals surface area contributed by atoms with Gasteiger partial charge in [0.05, 0.1) is 11.1 Å². The highest BCUT2D eigenvalue weighted by Gasteiger charge is 2.22. The molecular formula is C25H28N6O. The molecule has 0 unspecified atom stereocenters. The van der Waals surface area contributed by atoms with Crippen molar-refractivity contribution in [3.8, 4) is 6.07 Å². The Morgan fingerprint density at radius 3 is 2.44 bits per heavy atom. The van der Waals surface area contributed by atoms with Gasteiger partial charge in [-0.15, -0.1) is 0 Å². The Bertz CT molecular complexity index is 1160. The number of piperidine rings is 1. The van der Waals surface area contributed by atoms with Crippen LogP contribution in [0.3, 0.4) is 0 Å². The molecule has 0 atom stereocenters. The zero-order valence-corrected chi connectivity index (χ0v) is 18.4. The number of hydrogen-bond donors (Lipinski definition) is 1. The second-order valence-electron chi connectivity index (χ2n) is 8.68. The van der Waals surface area contributed by atoms with Crippen molar-refractivity contribution in [3.05, 3.63) is 53.9 Å². The normalized spacial score (nSPS) is 17.5. The SMILES string of the molecule is CC(=O)c1ccc(N2CCN(c3cc4c(cn3)c(C#N)cn4C3CCNCC3)CC2)cc1. The van der Waals surface area contributed by atoms with E-state index in [9.17, 15) is 10.1 Å². The summed E-state index contributed by atoms with van der Waals surface area (Å²) in [4.78, 5) is 20.9. The van der Waals surface area contributed by atoms with Crippen LogP contribution in [0.4, 0.5) is 11.5 Å². The minimum absolute atomic E-state index is 0.0941. The highest BCUT2D eigenvalue weighted by Crippen LogP contribution is 2.31. The molecule has 0 spiro atoms. The Morgan fingerprint density at radius 2 is 1.78 bits per heavy atom. The van der Waals surface area contributed by atoms with Crippen LogP contribution in [0.2, 0.25) is 0 Å². The first-order chi connectivity index (χ1) is 15.6. The lowest BCUT2D eigenvalue weighted by Gasteiger charge is -2.37. The van der Waals surface area contributed by atoms with E-state index in [0.29, 0.717) is 11.6 Å². The van der Waals surface area contributed by atoms with Gasteiger partial charge in [-0.25, -0.2) is 4.98 Å². The zero-order chi connectivity index (χ0) is 22.1. The number of nitriles is 1. The number of anilines is 2. The molecule has 0 amide bonds. The third kappa shape index (κ3) is 3.82. The van der Waals surface area contributed by atoms with Crippen LogP contribution in [-0.2, 0) is 0 Å². The van der Waals surface area contributed by atoms with E-state index in [1.807, 2.05) is 36.7 Å². The van der Waals surface area contributed by atoms with Crippen molar-refractivity contribution < 1.29 is 4.79 Å². The van der Waals surface area contributed by atoms with E-state index < -0.39 is 0 Å². The van der Waals surface area contributed by atoms with E-state index in [1.165, 1.54) is 0 Å². The minimum Gasteiger partial charge on any atom is -0.368 e. The molecule has 0 saturated carbocycles. The average Bonchev–Trinajstić information content (AvgIpc) is 3.23. The summed E-state index contributed by atoms with van der Waals surface area (Å²) in [5.41, 5.74) is 3.71. The molecule has 2 aliphatic rings. The molecule has 7 nitrogen and oxygen atoms in total. The predicted molar refractivity (Wildman–Crippen MR) is 126 cm³/mol. The molecule has 1 aromatic carbocycles. The first kappa shape index (κ1) is 20.5. The summed E-state index contributed by atoms with van der Waals surface area (Å²) >= 11 is 0. The molecule has 164 valence electrons. The van der Waals surface area contributed by atoms with Crippen LogP contribution in [0.5, 0.6) is 0 Å². The van der Waals surface area contributed by atoms with Crippen LogP contribution in [0, 0.1) is 11.3 Å². The fourth-order valence-electron chi connectivity index (χ4n) is 4.88. The number of pyridine rings is 1. The number of piperazine rings is 1. The molecule has 0 aliphatic carbocycles. The van der Waals surface area contributed by atoms with Gasteiger partial charge in [0.25, 0.3) is 0 Å². The van der Waals surface area contributed by atoms with Gasteiger partial charge < -0.3 is 19.7 Å². The van der Waals surface area contributed by atoms with Gasteiger partial charge in [0, 0.05) is 67.3 Å². The molecule has 2 saturated heterocycles. The summed E-state index contributed by atoms with van der Waals surface area (Å²) in [5, 5.41) is 14.0. The maximum absolute atomic E-state index is 11.5. The van der Waals surface area contributed by atoms with E-state index in [4.69, 9.17) is 4.98 Å². The molecule has 4 heterocycles. The first-order valence-electron chi connectivity index (χ1n) is 11.4. The van der Waals surface area contributed by atoms with Gasteiger partial charge in [-0.3, -0.25) is 4.79 Å². The van der Waals surface area contributed by atoms with Crippen LogP contribution in [0.15, 0.2) is 42.7 Å². The van der Waals surface area contributed by atoms with Crippen molar-refractivity contribution >= 4 is 28.2 Å². The highest BCUT2D eigenvalue weighted by molar-refractivity contribution is 5.94. The molecule has 2 fully saturated rings. The molecule has 32 heavy (non-hydrogen) atoms. The van der Waals surface area contributed by atoms with Gasteiger partial charge in [0.2, 0.25) is 0 Å². The number of aromatic nitrogens is 2. The maximum Gasteiger partial charge on any atom is 0.159 e. The molecule has 3 aromatic rings. The van der Waals surface area contributed by atoms with Gasteiger partial charge in [-0.2, -0.15) is 5.26 Å². The fraction of sp³-hybridized carbons (Fsp3) is 0.400. The van der Waals surface area contributed by atoms with Gasteiger partial charge in [-0.1, -0.05) is 0 Å². The Labute approximate surface area is 188 Å². The Morgan fingerprint density at radius 1 is 1.09 bits per heavy atom. The van der Waals surface area contributed by atoms with Crippen molar-refractivity contribution in [2.45, 2.75) is 25.8 Å². The number of Topliss-reactive ketones (excluding diaryl/α,β-unsaturated/α-hetero) is 1. The van der Waals surface area contributed by atoms with Crippen LogP contribution >= 0.6 is 0 Å². The summed E-state index contributed by atoms with van der Waals surface area (Å²) < 4.78 is 2.30. The van der Waals surface area contributed by atoms with Crippen molar-refractivity contribution in [3.63, 3.8) is 0 Å². The standard InChI is InChI=1S/C25H28N6O/c1-18(32)19-2-4-21(5-3-19)29-10-12-30(13-11-29)25-14-24-23(16-28-25)20(15-26)17-31(24)22-6-8-27-9-7-22/h2-5,14,16-17,22,27H,6-13H2,1H3. The largest absolute Gasteiger partial charge is 0.368 e. The molecule has 5 rings (SSSR count). The molecule has 2 aromatic heterocycles. The van der Waals surface area contributed by atoms with E-state index in [2.05, 4.69) is 31.8 Å². The molecular weight excluding hydrogens is 400 g/mol. The number of benzene rings is 1. The summed E-state index contributed by atoms with van der Waals surface area (Å²) in [5.74, 6) is 1.07. The lowest BCUT2D eigenvalue weighted by Crippen LogP contribution is -2.46. The monoisotopic (exact) mass is 428 g/mol. The van der Waals surface area contributed by atoms with Gasteiger partial charge in [0.1, 0.15) is 11.9 Å². The van der Waals surface area contributed by atoms with E-state index in [1.54, 1.807) is 6.92 Å². The molecule has 7 heteroatoms.